The summed E-state index contributed by atoms with van der Waals surface area (Å²) in [5.74, 6) is 0.513. The van der Waals surface area contributed by atoms with Crippen molar-refractivity contribution in [2.75, 3.05) is 37.4 Å². The van der Waals surface area contributed by atoms with Gasteiger partial charge in [0.25, 0.3) is 0 Å². The third-order valence-electron chi connectivity index (χ3n) is 3.03. The van der Waals surface area contributed by atoms with Crippen LogP contribution >= 0.6 is 0 Å². The van der Waals surface area contributed by atoms with E-state index in [1.807, 2.05) is 11.9 Å². The molecule has 1 aromatic rings. The lowest BCUT2D eigenvalue weighted by Gasteiger charge is -2.21. The van der Waals surface area contributed by atoms with Crippen LogP contribution in [-0.2, 0) is 4.74 Å². The molecular weight excluding hydrogens is 219 g/mol. The molecule has 1 saturated carbocycles. The molecule has 17 heavy (non-hydrogen) atoms. The zero-order chi connectivity index (χ0) is 12.3. The first-order valence-corrected chi connectivity index (χ1v) is 6.00. The number of anilines is 2. The minimum absolute atomic E-state index is 0.264. The van der Waals surface area contributed by atoms with Gasteiger partial charge in [-0.1, -0.05) is 0 Å². The molecule has 94 valence electrons. The minimum atomic E-state index is -0.264. The maximum absolute atomic E-state index is 13.1. The fraction of sp³-hybridized carbons (Fsp3) is 0.538. The van der Waals surface area contributed by atoms with Crippen LogP contribution in [0.4, 0.5) is 15.8 Å². The average Bonchev–Trinajstić information content (AvgIpc) is 3.11. The van der Waals surface area contributed by atoms with Crippen molar-refractivity contribution in [3.63, 3.8) is 0 Å². The van der Waals surface area contributed by atoms with Crippen LogP contribution in [0.3, 0.4) is 0 Å². The Bertz CT molecular complexity index is 380. The summed E-state index contributed by atoms with van der Waals surface area (Å²) in [4.78, 5) is 1.92. The fourth-order valence-corrected chi connectivity index (χ4v) is 1.70. The minimum Gasteiger partial charge on any atom is -0.397 e. The summed E-state index contributed by atoms with van der Waals surface area (Å²) in [7, 11) is 1.89. The Kier molecular flexibility index (Phi) is 3.84. The smallest absolute Gasteiger partial charge is 0.125 e. The van der Waals surface area contributed by atoms with Gasteiger partial charge in [-0.25, -0.2) is 4.39 Å². The molecule has 2 N–H and O–H groups in total. The number of rotatable bonds is 6. The van der Waals surface area contributed by atoms with Gasteiger partial charge in [0.15, 0.2) is 0 Å². The van der Waals surface area contributed by atoms with E-state index < -0.39 is 0 Å². The molecule has 0 aliphatic heterocycles. The molecule has 0 amide bonds. The SMILES string of the molecule is CN(CCOCC1CC1)c1cc(F)ccc1N. The first-order valence-electron chi connectivity index (χ1n) is 6.00. The van der Waals surface area contributed by atoms with Gasteiger partial charge in [0.1, 0.15) is 5.82 Å². The zero-order valence-corrected chi connectivity index (χ0v) is 10.2. The predicted molar refractivity (Wildman–Crippen MR) is 67.6 cm³/mol. The average molecular weight is 238 g/mol. The van der Waals surface area contributed by atoms with E-state index in [2.05, 4.69) is 0 Å². The Balaban J connectivity index is 1.80. The van der Waals surface area contributed by atoms with Gasteiger partial charge in [-0.05, 0) is 37.0 Å². The summed E-state index contributed by atoms with van der Waals surface area (Å²) in [6.07, 6.45) is 2.60. The van der Waals surface area contributed by atoms with Gasteiger partial charge in [0, 0.05) is 20.2 Å². The van der Waals surface area contributed by atoms with E-state index >= 15 is 0 Å². The highest BCUT2D eigenvalue weighted by atomic mass is 19.1. The molecule has 0 saturated heterocycles. The van der Waals surface area contributed by atoms with E-state index in [4.69, 9.17) is 10.5 Å². The standard InChI is InChI=1S/C13H19FN2O/c1-16(6-7-17-9-10-2-3-10)13-8-11(14)4-5-12(13)15/h4-5,8,10H,2-3,6-7,9,15H2,1H3. The van der Waals surface area contributed by atoms with E-state index in [0.29, 0.717) is 12.3 Å². The predicted octanol–water partition coefficient (Wildman–Crippen LogP) is 2.27. The molecule has 0 bridgehead atoms. The molecule has 3 nitrogen and oxygen atoms in total. The third kappa shape index (κ3) is 3.60. The Morgan fingerprint density at radius 1 is 1.47 bits per heavy atom. The molecule has 1 aliphatic carbocycles. The highest BCUT2D eigenvalue weighted by Gasteiger charge is 2.21. The highest BCUT2D eigenvalue weighted by Crippen LogP contribution is 2.28. The van der Waals surface area contributed by atoms with Gasteiger partial charge in [-0.3, -0.25) is 0 Å². The molecule has 1 fully saturated rings. The third-order valence-corrected chi connectivity index (χ3v) is 3.03. The lowest BCUT2D eigenvalue weighted by atomic mass is 10.2. The van der Waals surface area contributed by atoms with Crippen molar-refractivity contribution in [3.8, 4) is 0 Å². The van der Waals surface area contributed by atoms with Crippen LogP contribution in [0, 0.1) is 11.7 Å². The Labute approximate surface area is 101 Å². The van der Waals surface area contributed by atoms with Crippen LogP contribution in [0.25, 0.3) is 0 Å². The first kappa shape index (κ1) is 12.2. The summed E-state index contributed by atoms with van der Waals surface area (Å²) >= 11 is 0. The highest BCUT2D eigenvalue weighted by molar-refractivity contribution is 5.67. The van der Waals surface area contributed by atoms with Crippen molar-refractivity contribution >= 4 is 11.4 Å². The lowest BCUT2D eigenvalue weighted by molar-refractivity contribution is 0.131. The zero-order valence-electron chi connectivity index (χ0n) is 10.2. The second-order valence-corrected chi connectivity index (χ2v) is 4.64. The largest absolute Gasteiger partial charge is 0.397 e. The number of likely N-dealkylation sites (N-methyl/N-ethyl adjacent to an activating group) is 1. The maximum Gasteiger partial charge on any atom is 0.125 e. The van der Waals surface area contributed by atoms with Crippen LogP contribution in [0.15, 0.2) is 18.2 Å². The maximum atomic E-state index is 13.1. The fourth-order valence-electron chi connectivity index (χ4n) is 1.70. The van der Waals surface area contributed by atoms with Crippen LogP contribution in [-0.4, -0.2) is 26.8 Å². The molecule has 0 aromatic heterocycles. The second kappa shape index (κ2) is 5.36. The molecule has 0 atom stereocenters. The van der Waals surface area contributed by atoms with Crippen LogP contribution in [0.1, 0.15) is 12.8 Å². The second-order valence-electron chi connectivity index (χ2n) is 4.64. The number of ether oxygens (including phenoxy) is 1. The van der Waals surface area contributed by atoms with Crippen LogP contribution in [0.2, 0.25) is 0 Å². The van der Waals surface area contributed by atoms with Crippen molar-refractivity contribution in [1.82, 2.24) is 0 Å². The van der Waals surface area contributed by atoms with Crippen molar-refractivity contribution < 1.29 is 9.13 Å². The van der Waals surface area contributed by atoms with Gasteiger partial charge in [-0.15, -0.1) is 0 Å². The topological polar surface area (TPSA) is 38.5 Å². The molecule has 4 heteroatoms. The molecule has 0 heterocycles. The van der Waals surface area contributed by atoms with E-state index in [1.54, 1.807) is 6.07 Å². The number of nitrogens with zero attached hydrogens (tertiary/aromatic N) is 1. The van der Waals surface area contributed by atoms with Gasteiger partial charge in [0.05, 0.1) is 18.0 Å². The van der Waals surface area contributed by atoms with Crippen molar-refractivity contribution in [1.29, 1.82) is 0 Å². The monoisotopic (exact) mass is 238 g/mol. The summed E-state index contributed by atoms with van der Waals surface area (Å²) in [6, 6.07) is 4.42. The number of benzene rings is 1. The Hall–Kier alpha value is -1.29. The summed E-state index contributed by atoms with van der Waals surface area (Å²) in [6.45, 7) is 2.23. The molecule has 0 radical (unpaired) electrons. The van der Waals surface area contributed by atoms with E-state index in [9.17, 15) is 4.39 Å². The summed E-state index contributed by atoms with van der Waals surface area (Å²) in [5, 5.41) is 0. The van der Waals surface area contributed by atoms with Gasteiger partial charge in [0.2, 0.25) is 0 Å². The molecule has 0 spiro atoms. The molecule has 1 aromatic carbocycles. The summed E-state index contributed by atoms with van der Waals surface area (Å²) in [5.41, 5.74) is 7.12. The normalized spacial score (nSPS) is 14.9. The Morgan fingerprint density at radius 3 is 2.94 bits per heavy atom. The molecule has 1 aliphatic rings. The van der Waals surface area contributed by atoms with E-state index in [0.717, 1.165) is 24.8 Å². The van der Waals surface area contributed by atoms with E-state index in [-0.39, 0.29) is 5.82 Å². The number of nitrogens with two attached hydrogens (primary N) is 1. The van der Waals surface area contributed by atoms with Gasteiger partial charge >= 0.3 is 0 Å². The quantitative estimate of drug-likeness (QED) is 0.610. The van der Waals surface area contributed by atoms with Gasteiger partial charge < -0.3 is 15.4 Å². The number of hydrogen-bond acceptors (Lipinski definition) is 3. The molecule has 0 unspecified atom stereocenters. The number of nitrogen functional groups attached to an aromatic ring is 1. The van der Waals surface area contributed by atoms with Crippen molar-refractivity contribution in [2.24, 2.45) is 5.92 Å². The lowest BCUT2D eigenvalue weighted by Crippen LogP contribution is -2.24. The Morgan fingerprint density at radius 2 is 2.24 bits per heavy atom. The van der Waals surface area contributed by atoms with Gasteiger partial charge in [-0.2, -0.15) is 0 Å². The van der Waals surface area contributed by atoms with Crippen LogP contribution < -0.4 is 10.6 Å². The van der Waals surface area contributed by atoms with Crippen molar-refractivity contribution in [3.05, 3.63) is 24.0 Å². The first-order chi connectivity index (χ1) is 8.16. The number of hydrogen-bond donors (Lipinski definition) is 1. The molecule has 2 rings (SSSR count). The van der Waals surface area contributed by atoms with Crippen LogP contribution in [0.5, 0.6) is 0 Å². The van der Waals surface area contributed by atoms with E-state index in [1.165, 1.54) is 25.0 Å². The summed E-state index contributed by atoms with van der Waals surface area (Å²) < 4.78 is 18.6. The number of halogens is 1. The van der Waals surface area contributed by atoms with Crippen molar-refractivity contribution in [2.45, 2.75) is 12.8 Å². The molecular formula is C13H19FN2O.